The first-order valence-electron chi connectivity index (χ1n) is 5.11. The Morgan fingerprint density at radius 1 is 1.32 bits per heavy atom. The van der Waals surface area contributed by atoms with Gasteiger partial charge < -0.3 is 4.98 Å². The molecule has 0 saturated heterocycles. The number of halogens is 2. The van der Waals surface area contributed by atoms with Crippen LogP contribution in [0.4, 0.5) is 0 Å². The van der Waals surface area contributed by atoms with E-state index in [-0.39, 0.29) is 5.52 Å². The Balaban J connectivity index is 2.37. The number of rotatable bonds is 1. The van der Waals surface area contributed by atoms with Crippen molar-refractivity contribution in [1.82, 2.24) is 19.5 Å². The van der Waals surface area contributed by atoms with Crippen LogP contribution in [0, 0.1) is 0 Å². The van der Waals surface area contributed by atoms with Gasteiger partial charge in [-0.15, -0.1) is 11.3 Å². The molecule has 0 atom stereocenters. The van der Waals surface area contributed by atoms with E-state index in [1.165, 1.54) is 15.9 Å². The minimum absolute atomic E-state index is 0.284. The highest BCUT2D eigenvalue weighted by Gasteiger charge is 2.15. The second-order valence-electron chi connectivity index (χ2n) is 3.84. The van der Waals surface area contributed by atoms with E-state index in [1.54, 1.807) is 7.05 Å². The van der Waals surface area contributed by atoms with Crippen LogP contribution in [0.25, 0.3) is 22.6 Å². The molecule has 2 N–H and O–H groups in total. The molecule has 3 aromatic heterocycles. The van der Waals surface area contributed by atoms with Gasteiger partial charge in [-0.1, -0.05) is 0 Å². The summed E-state index contributed by atoms with van der Waals surface area (Å²) in [6, 6.07) is 1.89. The van der Waals surface area contributed by atoms with Crippen LogP contribution >= 0.6 is 43.2 Å². The first-order valence-corrected chi connectivity index (χ1v) is 7.52. The smallest absolute Gasteiger partial charge is 0.329 e. The van der Waals surface area contributed by atoms with Gasteiger partial charge in [-0.25, -0.2) is 9.78 Å². The van der Waals surface area contributed by atoms with Gasteiger partial charge in [0.2, 0.25) is 0 Å². The Morgan fingerprint density at radius 2 is 2.05 bits per heavy atom. The molecule has 3 rings (SSSR count). The van der Waals surface area contributed by atoms with Gasteiger partial charge in [-0.3, -0.25) is 14.3 Å². The maximum Gasteiger partial charge on any atom is 0.329 e. The summed E-state index contributed by atoms with van der Waals surface area (Å²) in [6.45, 7) is 0. The van der Waals surface area contributed by atoms with Gasteiger partial charge in [-0.2, -0.15) is 0 Å². The van der Waals surface area contributed by atoms with Crippen molar-refractivity contribution in [2.75, 3.05) is 0 Å². The summed E-state index contributed by atoms with van der Waals surface area (Å²) in [4.78, 5) is 32.7. The molecule has 9 heteroatoms. The number of fused-ring (bicyclic) bond motifs is 1. The molecule has 0 spiro atoms. The van der Waals surface area contributed by atoms with E-state index in [9.17, 15) is 9.59 Å². The van der Waals surface area contributed by atoms with Crippen LogP contribution in [-0.4, -0.2) is 19.5 Å². The zero-order valence-corrected chi connectivity index (χ0v) is 13.4. The molecule has 0 aliphatic carbocycles. The lowest BCUT2D eigenvalue weighted by Crippen LogP contribution is -2.28. The van der Waals surface area contributed by atoms with Crippen LogP contribution in [0.1, 0.15) is 0 Å². The summed E-state index contributed by atoms with van der Waals surface area (Å²) in [5, 5.41) is 0. The van der Waals surface area contributed by atoms with E-state index in [4.69, 9.17) is 0 Å². The normalized spacial score (nSPS) is 11.3. The third-order valence-corrected chi connectivity index (χ3v) is 5.01. The third kappa shape index (κ3) is 2.01. The maximum absolute atomic E-state index is 11.7. The summed E-state index contributed by atoms with van der Waals surface area (Å²) in [6.07, 6.45) is 0. The van der Waals surface area contributed by atoms with Gasteiger partial charge in [0.15, 0.2) is 5.65 Å². The summed E-state index contributed by atoms with van der Waals surface area (Å²) >= 11 is 8.33. The highest BCUT2D eigenvalue weighted by Crippen LogP contribution is 2.37. The highest BCUT2D eigenvalue weighted by molar-refractivity contribution is 9.12. The molecule has 3 aromatic rings. The van der Waals surface area contributed by atoms with Crippen LogP contribution in [0.15, 0.2) is 23.2 Å². The Morgan fingerprint density at radius 3 is 2.68 bits per heavy atom. The Kier molecular flexibility index (Phi) is 2.99. The fourth-order valence-corrected chi connectivity index (χ4v) is 4.54. The average Bonchev–Trinajstić information content (AvgIpc) is 2.90. The molecule has 98 valence electrons. The van der Waals surface area contributed by atoms with E-state index in [2.05, 4.69) is 46.8 Å². The maximum atomic E-state index is 11.7. The van der Waals surface area contributed by atoms with Gasteiger partial charge in [-0.05, 0) is 37.9 Å². The van der Waals surface area contributed by atoms with Crippen molar-refractivity contribution < 1.29 is 0 Å². The topological polar surface area (TPSA) is 83.5 Å². The number of hydrogen-bond acceptors (Lipinski definition) is 4. The first kappa shape index (κ1) is 12.8. The average molecular weight is 406 g/mol. The predicted octanol–water partition coefficient (Wildman–Crippen LogP) is 2.20. The van der Waals surface area contributed by atoms with Crippen LogP contribution in [-0.2, 0) is 7.05 Å². The Bertz CT molecular complexity index is 905. The number of nitrogens with one attached hydrogen (secondary N) is 2. The number of thiophene rings is 1. The zero-order chi connectivity index (χ0) is 13.7. The summed E-state index contributed by atoms with van der Waals surface area (Å²) in [5.74, 6) is 0.538. The molecule has 0 aromatic carbocycles. The second-order valence-corrected chi connectivity index (χ2v) is 7.59. The predicted molar refractivity (Wildman–Crippen MR) is 80.7 cm³/mol. The van der Waals surface area contributed by atoms with Crippen molar-refractivity contribution in [1.29, 1.82) is 0 Å². The largest absolute Gasteiger partial charge is 0.332 e. The molecule has 0 saturated carbocycles. The van der Waals surface area contributed by atoms with Gasteiger partial charge in [0, 0.05) is 12.6 Å². The summed E-state index contributed by atoms with van der Waals surface area (Å²) < 4.78 is 3.13. The van der Waals surface area contributed by atoms with E-state index in [0.717, 1.165) is 13.1 Å². The molecule has 3 heterocycles. The molecule has 0 aliphatic rings. The number of nitrogens with zero attached hydrogens (tertiary/aromatic N) is 2. The third-order valence-electron chi connectivity index (χ3n) is 2.67. The number of H-pyrrole nitrogens is 2. The molecule has 0 fully saturated rings. The standard InChI is InChI=1S/C10H6Br2N4O2S/c1-16-8-5(9(17)15-10(16)18)13-7(14-8)3-2-4(11)19-6(3)12/h2H,1H3,(H,13,14)(H,15,17,18). The van der Waals surface area contributed by atoms with Crippen LogP contribution in [0.2, 0.25) is 0 Å². The molecule has 0 bridgehead atoms. The lowest BCUT2D eigenvalue weighted by molar-refractivity contribution is 0.832. The van der Waals surface area contributed by atoms with Gasteiger partial charge in [0.25, 0.3) is 5.56 Å². The SMILES string of the molecule is Cn1c(=O)[nH]c(=O)c2[nH]c(-c3cc(Br)sc3Br)nc21. The van der Waals surface area contributed by atoms with Gasteiger partial charge in [0.1, 0.15) is 11.3 Å². The number of hydrogen-bond donors (Lipinski definition) is 2. The van der Waals surface area contributed by atoms with Crippen molar-refractivity contribution in [2.24, 2.45) is 7.05 Å². The first-order chi connectivity index (χ1) is 8.97. The zero-order valence-electron chi connectivity index (χ0n) is 9.45. The van der Waals surface area contributed by atoms with Crippen molar-refractivity contribution in [3.63, 3.8) is 0 Å². The van der Waals surface area contributed by atoms with Gasteiger partial charge >= 0.3 is 5.69 Å². The van der Waals surface area contributed by atoms with Crippen LogP contribution < -0.4 is 11.2 Å². The van der Waals surface area contributed by atoms with Crippen molar-refractivity contribution >= 4 is 54.4 Å². The number of aryl methyl sites for hydroxylation is 1. The molecule has 0 aliphatic heterocycles. The van der Waals surface area contributed by atoms with Crippen LogP contribution in [0.3, 0.4) is 0 Å². The lowest BCUT2D eigenvalue weighted by Gasteiger charge is -1.94. The summed E-state index contributed by atoms with van der Waals surface area (Å²) in [5.41, 5.74) is 0.493. The quantitative estimate of drug-likeness (QED) is 0.650. The van der Waals surface area contributed by atoms with Gasteiger partial charge in [0.05, 0.1) is 7.57 Å². The fourth-order valence-electron chi connectivity index (χ4n) is 1.73. The summed E-state index contributed by atoms with van der Waals surface area (Å²) in [7, 11) is 1.56. The van der Waals surface area contributed by atoms with Crippen molar-refractivity contribution in [2.45, 2.75) is 0 Å². The van der Waals surface area contributed by atoms with E-state index < -0.39 is 11.2 Å². The molecule has 0 amide bonds. The molecule has 19 heavy (non-hydrogen) atoms. The Labute approximate surface area is 126 Å². The minimum Gasteiger partial charge on any atom is -0.332 e. The van der Waals surface area contributed by atoms with Crippen LogP contribution in [0.5, 0.6) is 0 Å². The van der Waals surface area contributed by atoms with Crippen molar-refractivity contribution in [3.8, 4) is 11.4 Å². The minimum atomic E-state index is -0.485. The number of aromatic amines is 2. The molecule has 0 radical (unpaired) electrons. The number of imidazole rings is 1. The van der Waals surface area contributed by atoms with E-state index in [0.29, 0.717) is 11.5 Å². The molecular weight excluding hydrogens is 400 g/mol. The Hall–Kier alpha value is -1.19. The molecule has 6 nitrogen and oxygen atoms in total. The van der Waals surface area contributed by atoms with Crippen molar-refractivity contribution in [3.05, 3.63) is 34.5 Å². The van der Waals surface area contributed by atoms with E-state index >= 15 is 0 Å². The molecular formula is C10H6Br2N4O2S. The lowest BCUT2D eigenvalue weighted by atomic mass is 10.3. The molecule has 0 unspecified atom stereocenters. The fraction of sp³-hybridized carbons (Fsp3) is 0.100. The monoisotopic (exact) mass is 404 g/mol. The highest BCUT2D eigenvalue weighted by atomic mass is 79.9. The second kappa shape index (κ2) is 4.43. The van der Waals surface area contributed by atoms with E-state index in [1.807, 2.05) is 6.07 Å². The number of aromatic nitrogens is 4.